The maximum atomic E-state index is 12.7. The minimum Gasteiger partial charge on any atom is -0.506 e. The van der Waals surface area contributed by atoms with Crippen molar-refractivity contribution in [2.24, 2.45) is 4.99 Å². The van der Waals surface area contributed by atoms with E-state index in [9.17, 15) is 13.5 Å². The molecule has 0 amide bonds. The van der Waals surface area contributed by atoms with Gasteiger partial charge in [0, 0.05) is 15.3 Å². The number of nitrogens with zero attached hydrogens (tertiary/aromatic N) is 1. The number of nitrogens with one attached hydrogen (secondary N) is 1. The van der Waals surface area contributed by atoms with Crippen LogP contribution in [-0.4, -0.2) is 19.7 Å². The van der Waals surface area contributed by atoms with Gasteiger partial charge in [-0.05, 0) is 88.5 Å². The highest BCUT2D eigenvalue weighted by Gasteiger charge is 2.15. The van der Waals surface area contributed by atoms with Crippen LogP contribution >= 0.6 is 45.2 Å². The number of phenolic OH excluding ortho intramolecular Hbond substituents is 1. The van der Waals surface area contributed by atoms with E-state index in [0.717, 1.165) is 12.7 Å². The van der Waals surface area contributed by atoms with Gasteiger partial charge in [0.05, 0.1) is 19.8 Å². The second-order valence-corrected chi connectivity index (χ2v) is 10.1. The Morgan fingerprint density at radius 3 is 2.43 bits per heavy atom. The summed E-state index contributed by atoms with van der Waals surface area (Å²) in [6, 6.07) is 17.2. The van der Waals surface area contributed by atoms with E-state index in [1.165, 1.54) is 6.21 Å². The molecule has 0 aliphatic rings. The number of aryl methyl sites for hydroxylation is 1. The predicted octanol–water partition coefficient (Wildman–Crippen LogP) is 5.46. The van der Waals surface area contributed by atoms with Crippen LogP contribution in [0.1, 0.15) is 11.1 Å². The summed E-state index contributed by atoms with van der Waals surface area (Å²) in [6.45, 7) is 1.90. The topological polar surface area (TPSA) is 78.8 Å². The Labute approximate surface area is 191 Å². The van der Waals surface area contributed by atoms with Gasteiger partial charge in [-0.25, -0.2) is 8.42 Å². The van der Waals surface area contributed by atoms with Gasteiger partial charge < -0.3 is 5.11 Å². The van der Waals surface area contributed by atoms with Crippen LogP contribution in [0.5, 0.6) is 5.75 Å². The molecule has 0 aliphatic heterocycles. The number of hydrogen-bond donors (Lipinski definition) is 2. The first kappa shape index (κ1) is 21.1. The number of sulfonamides is 1. The third-order valence-corrected chi connectivity index (χ3v) is 6.71. The van der Waals surface area contributed by atoms with Crippen molar-refractivity contribution in [3.8, 4) is 5.75 Å². The van der Waals surface area contributed by atoms with E-state index in [4.69, 9.17) is 0 Å². The van der Waals surface area contributed by atoms with E-state index in [1.54, 1.807) is 54.6 Å². The molecule has 3 rings (SSSR count). The molecule has 0 radical (unpaired) electrons. The lowest BCUT2D eigenvalue weighted by Crippen LogP contribution is -2.13. The van der Waals surface area contributed by atoms with E-state index in [1.807, 2.05) is 13.0 Å². The summed E-state index contributed by atoms with van der Waals surface area (Å²) in [5.41, 5.74) is 2.36. The number of halogens is 2. The highest BCUT2D eigenvalue weighted by molar-refractivity contribution is 14.1. The van der Waals surface area contributed by atoms with Gasteiger partial charge in [0.25, 0.3) is 10.0 Å². The van der Waals surface area contributed by atoms with Crippen molar-refractivity contribution in [3.63, 3.8) is 0 Å². The number of aliphatic imine (C=N–C) groups is 1. The minimum absolute atomic E-state index is 0.141. The van der Waals surface area contributed by atoms with Crippen LogP contribution in [0.25, 0.3) is 0 Å². The molecule has 0 fully saturated rings. The van der Waals surface area contributed by atoms with Crippen LogP contribution in [0.3, 0.4) is 0 Å². The lowest BCUT2D eigenvalue weighted by atomic mass is 10.2. The van der Waals surface area contributed by atoms with E-state index in [2.05, 4.69) is 54.9 Å². The minimum atomic E-state index is -3.73. The fraction of sp³-hybridized carbons (Fsp3) is 0.0500. The Balaban J connectivity index is 1.93. The smallest absolute Gasteiger partial charge is 0.261 e. The zero-order valence-corrected chi connectivity index (χ0v) is 19.9. The first-order valence-electron chi connectivity index (χ1n) is 8.17. The van der Waals surface area contributed by atoms with Crippen molar-refractivity contribution >= 4 is 72.8 Å². The molecule has 0 saturated carbocycles. The van der Waals surface area contributed by atoms with Crippen molar-refractivity contribution < 1.29 is 13.5 Å². The van der Waals surface area contributed by atoms with Gasteiger partial charge in [0.2, 0.25) is 0 Å². The summed E-state index contributed by atoms with van der Waals surface area (Å²) in [4.78, 5) is 4.57. The number of hydrogen-bond acceptors (Lipinski definition) is 4. The maximum Gasteiger partial charge on any atom is 0.261 e. The molecule has 3 aromatic rings. The van der Waals surface area contributed by atoms with Crippen LogP contribution < -0.4 is 4.72 Å². The molecule has 2 N–H and O–H groups in total. The number of phenols is 1. The molecule has 3 aromatic carbocycles. The van der Waals surface area contributed by atoms with E-state index in [0.29, 0.717) is 16.9 Å². The normalized spacial score (nSPS) is 11.7. The van der Waals surface area contributed by atoms with Crippen molar-refractivity contribution in [1.82, 2.24) is 0 Å². The molecule has 0 spiro atoms. The lowest BCUT2D eigenvalue weighted by Gasteiger charge is -2.10. The zero-order chi connectivity index (χ0) is 20.3. The van der Waals surface area contributed by atoms with E-state index < -0.39 is 10.0 Å². The van der Waals surface area contributed by atoms with Crippen LogP contribution in [-0.2, 0) is 10.0 Å². The summed E-state index contributed by atoms with van der Waals surface area (Å²) >= 11 is 4.22. The van der Waals surface area contributed by atoms with Crippen LogP contribution in [0.2, 0.25) is 0 Å². The van der Waals surface area contributed by atoms with Crippen LogP contribution in [0.4, 0.5) is 11.4 Å². The van der Waals surface area contributed by atoms with Crippen molar-refractivity contribution in [3.05, 3.63) is 78.9 Å². The standard InChI is InChI=1S/C20H16I2N2O3S/c1-13-6-8-16(9-7-13)28(26,27)24-19-5-3-2-4-18(19)23-12-14-10-15(21)11-17(22)20(14)25/h2-12,24-25H,1H3. The second-order valence-electron chi connectivity index (χ2n) is 6.02. The number of rotatable bonds is 5. The van der Waals surface area contributed by atoms with Crippen LogP contribution in [0.15, 0.2) is 70.6 Å². The van der Waals surface area contributed by atoms with Gasteiger partial charge in [-0.2, -0.15) is 0 Å². The Kier molecular flexibility index (Phi) is 6.61. The predicted molar refractivity (Wildman–Crippen MR) is 129 cm³/mol. The molecular formula is C20H16I2N2O3S. The summed E-state index contributed by atoms with van der Waals surface area (Å²) in [5.74, 6) is 0.141. The summed E-state index contributed by atoms with van der Waals surface area (Å²) in [5, 5.41) is 10.2. The Bertz CT molecular complexity index is 1140. The molecule has 5 nitrogen and oxygen atoms in total. The van der Waals surface area contributed by atoms with Gasteiger partial charge in [0.15, 0.2) is 0 Å². The molecule has 144 valence electrons. The highest BCUT2D eigenvalue weighted by atomic mass is 127. The molecule has 0 atom stereocenters. The number of benzene rings is 3. The highest BCUT2D eigenvalue weighted by Crippen LogP contribution is 2.29. The van der Waals surface area contributed by atoms with Crippen molar-refractivity contribution in [2.45, 2.75) is 11.8 Å². The number of aromatic hydroxyl groups is 1. The van der Waals surface area contributed by atoms with Gasteiger partial charge >= 0.3 is 0 Å². The Hall–Kier alpha value is -1.66. The average molecular weight is 618 g/mol. The Morgan fingerprint density at radius 1 is 1.04 bits per heavy atom. The summed E-state index contributed by atoms with van der Waals surface area (Å²) in [6.07, 6.45) is 1.53. The number of anilines is 1. The first-order chi connectivity index (χ1) is 13.3. The third-order valence-electron chi connectivity index (χ3n) is 3.88. The SMILES string of the molecule is Cc1ccc(S(=O)(=O)Nc2ccccc2N=Cc2cc(I)cc(I)c2O)cc1. The van der Waals surface area contributed by atoms with Crippen LogP contribution in [0, 0.1) is 14.1 Å². The van der Waals surface area contributed by atoms with Crippen molar-refractivity contribution in [1.29, 1.82) is 0 Å². The quantitative estimate of drug-likeness (QED) is 0.295. The third kappa shape index (κ3) is 5.03. The number of para-hydroxylation sites is 2. The molecule has 0 heterocycles. The molecular weight excluding hydrogens is 602 g/mol. The Morgan fingerprint density at radius 2 is 1.71 bits per heavy atom. The molecule has 8 heteroatoms. The van der Waals surface area contributed by atoms with Gasteiger partial charge in [0.1, 0.15) is 5.75 Å². The van der Waals surface area contributed by atoms with Gasteiger partial charge in [-0.3, -0.25) is 9.71 Å². The second kappa shape index (κ2) is 8.78. The first-order valence-corrected chi connectivity index (χ1v) is 11.8. The lowest BCUT2D eigenvalue weighted by molar-refractivity contribution is 0.470. The monoisotopic (exact) mass is 618 g/mol. The molecule has 0 aromatic heterocycles. The van der Waals surface area contributed by atoms with Gasteiger partial charge in [-0.15, -0.1) is 0 Å². The molecule has 0 aliphatic carbocycles. The fourth-order valence-corrected chi connectivity index (χ4v) is 5.38. The largest absolute Gasteiger partial charge is 0.506 e. The fourth-order valence-electron chi connectivity index (χ4n) is 2.42. The van der Waals surface area contributed by atoms with E-state index >= 15 is 0 Å². The zero-order valence-electron chi connectivity index (χ0n) is 14.7. The summed E-state index contributed by atoms with van der Waals surface area (Å²) < 4.78 is 29.6. The molecule has 0 saturated heterocycles. The van der Waals surface area contributed by atoms with Gasteiger partial charge in [-0.1, -0.05) is 29.8 Å². The molecule has 0 unspecified atom stereocenters. The molecule has 0 bridgehead atoms. The molecule has 28 heavy (non-hydrogen) atoms. The van der Waals surface area contributed by atoms with Crippen molar-refractivity contribution in [2.75, 3.05) is 4.72 Å². The maximum absolute atomic E-state index is 12.7. The summed E-state index contributed by atoms with van der Waals surface area (Å²) in [7, 11) is -3.73. The van der Waals surface area contributed by atoms with E-state index in [-0.39, 0.29) is 10.6 Å². The average Bonchev–Trinajstić information content (AvgIpc) is 2.64.